The van der Waals surface area contributed by atoms with Crippen LogP contribution in [0, 0.1) is 0 Å². The van der Waals surface area contributed by atoms with E-state index in [9.17, 15) is 0 Å². The van der Waals surface area contributed by atoms with Gasteiger partial charge in [-0.3, -0.25) is 0 Å². The summed E-state index contributed by atoms with van der Waals surface area (Å²) in [5.74, 6) is 1.61. The molecule has 0 amide bonds. The van der Waals surface area contributed by atoms with Gasteiger partial charge in [0.2, 0.25) is 5.95 Å². The van der Waals surface area contributed by atoms with Crippen molar-refractivity contribution in [3.63, 3.8) is 0 Å². The Kier molecular flexibility index (Phi) is 5.65. The zero-order valence-electron chi connectivity index (χ0n) is 8.98. The Morgan fingerprint density at radius 3 is 2.94 bits per heavy atom. The van der Waals surface area contributed by atoms with E-state index in [1.165, 1.54) is 0 Å². The van der Waals surface area contributed by atoms with E-state index in [0.717, 1.165) is 5.75 Å². The van der Waals surface area contributed by atoms with E-state index in [1.807, 2.05) is 6.26 Å². The van der Waals surface area contributed by atoms with Gasteiger partial charge < -0.3 is 16.2 Å². The van der Waals surface area contributed by atoms with Crippen LogP contribution >= 0.6 is 23.4 Å². The first-order valence-electron chi connectivity index (χ1n) is 4.82. The maximum atomic E-state index is 8.92. The van der Waals surface area contributed by atoms with Crippen molar-refractivity contribution >= 4 is 35.1 Å². The Balaban J connectivity index is 2.68. The zero-order valence-corrected chi connectivity index (χ0v) is 10.6. The van der Waals surface area contributed by atoms with E-state index in [-0.39, 0.29) is 18.6 Å². The SMILES string of the molecule is CSCC(CCO)Nc1cc(Cl)nc(N)n1. The number of nitrogen functional groups attached to an aromatic ring is 1. The maximum absolute atomic E-state index is 8.92. The van der Waals surface area contributed by atoms with Crippen LogP contribution in [0.25, 0.3) is 0 Å². The first-order chi connectivity index (χ1) is 7.65. The molecule has 0 aliphatic rings. The smallest absolute Gasteiger partial charge is 0.223 e. The molecule has 1 atom stereocenters. The van der Waals surface area contributed by atoms with Crippen LogP contribution < -0.4 is 11.1 Å². The van der Waals surface area contributed by atoms with Crippen LogP contribution in [0.3, 0.4) is 0 Å². The van der Waals surface area contributed by atoms with Gasteiger partial charge in [-0.05, 0) is 12.7 Å². The van der Waals surface area contributed by atoms with Crippen molar-refractivity contribution in [1.82, 2.24) is 9.97 Å². The molecule has 1 heterocycles. The Morgan fingerprint density at radius 2 is 2.38 bits per heavy atom. The molecule has 1 aromatic heterocycles. The quantitative estimate of drug-likeness (QED) is 0.669. The van der Waals surface area contributed by atoms with E-state index >= 15 is 0 Å². The lowest BCUT2D eigenvalue weighted by Crippen LogP contribution is -2.24. The molecular weight excluding hydrogens is 248 g/mol. The fourth-order valence-corrected chi connectivity index (χ4v) is 2.11. The van der Waals surface area contributed by atoms with Gasteiger partial charge >= 0.3 is 0 Å². The third-order valence-corrected chi connectivity index (χ3v) is 2.84. The summed E-state index contributed by atoms with van der Waals surface area (Å²) < 4.78 is 0. The first kappa shape index (κ1) is 13.3. The fourth-order valence-electron chi connectivity index (χ4n) is 1.27. The second-order valence-corrected chi connectivity index (χ2v) is 4.54. The monoisotopic (exact) mass is 262 g/mol. The average molecular weight is 263 g/mol. The molecule has 0 aliphatic heterocycles. The van der Waals surface area contributed by atoms with Crippen LogP contribution in [0.4, 0.5) is 11.8 Å². The van der Waals surface area contributed by atoms with Gasteiger partial charge in [0.05, 0.1) is 0 Å². The summed E-state index contributed by atoms with van der Waals surface area (Å²) in [7, 11) is 0. The minimum atomic E-state index is 0.131. The molecule has 1 unspecified atom stereocenters. The van der Waals surface area contributed by atoms with Gasteiger partial charge in [-0.2, -0.15) is 16.7 Å². The number of halogens is 1. The number of nitrogens with zero attached hydrogens (tertiary/aromatic N) is 2. The van der Waals surface area contributed by atoms with Gasteiger partial charge in [0.15, 0.2) is 0 Å². The van der Waals surface area contributed by atoms with Crippen LogP contribution in [0.2, 0.25) is 5.15 Å². The summed E-state index contributed by atoms with van der Waals surface area (Å²) in [6.45, 7) is 0.131. The van der Waals surface area contributed by atoms with Gasteiger partial charge in [-0.15, -0.1) is 0 Å². The topological polar surface area (TPSA) is 84.1 Å². The highest BCUT2D eigenvalue weighted by Gasteiger charge is 2.09. The van der Waals surface area contributed by atoms with Crippen molar-refractivity contribution in [2.45, 2.75) is 12.5 Å². The van der Waals surface area contributed by atoms with Gasteiger partial charge in [0.1, 0.15) is 11.0 Å². The van der Waals surface area contributed by atoms with Crippen molar-refractivity contribution in [3.8, 4) is 0 Å². The Bertz CT molecular complexity index is 313. The minimum Gasteiger partial charge on any atom is -0.396 e. The molecule has 16 heavy (non-hydrogen) atoms. The molecule has 1 rings (SSSR count). The molecule has 0 radical (unpaired) electrons. The predicted molar refractivity (Wildman–Crippen MR) is 68.9 cm³/mol. The summed E-state index contributed by atoms with van der Waals surface area (Å²) in [5.41, 5.74) is 5.48. The van der Waals surface area contributed by atoms with Gasteiger partial charge in [-0.1, -0.05) is 11.6 Å². The highest BCUT2D eigenvalue weighted by atomic mass is 35.5. The summed E-state index contributed by atoms with van der Waals surface area (Å²) in [4.78, 5) is 7.79. The number of aromatic nitrogens is 2. The number of thioether (sulfide) groups is 1. The van der Waals surface area contributed by atoms with E-state index in [0.29, 0.717) is 17.4 Å². The van der Waals surface area contributed by atoms with Crippen LogP contribution in [0.5, 0.6) is 0 Å². The van der Waals surface area contributed by atoms with E-state index < -0.39 is 0 Å². The average Bonchev–Trinajstić information content (AvgIpc) is 2.16. The minimum absolute atomic E-state index is 0.131. The zero-order chi connectivity index (χ0) is 12.0. The lowest BCUT2D eigenvalue weighted by Gasteiger charge is -2.17. The number of aliphatic hydroxyl groups excluding tert-OH is 1. The molecule has 0 spiro atoms. The Labute approximate surface area is 104 Å². The van der Waals surface area contributed by atoms with Crippen LogP contribution in [0.15, 0.2) is 6.07 Å². The number of nitrogens with two attached hydrogens (primary N) is 1. The number of aliphatic hydroxyl groups is 1. The first-order valence-corrected chi connectivity index (χ1v) is 6.59. The molecule has 0 bridgehead atoms. The Morgan fingerprint density at radius 1 is 1.62 bits per heavy atom. The molecule has 90 valence electrons. The van der Waals surface area contributed by atoms with E-state index in [2.05, 4.69) is 15.3 Å². The summed E-state index contributed by atoms with van der Waals surface area (Å²) in [6, 6.07) is 1.76. The summed E-state index contributed by atoms with van der Waals surface area (Å²) in [6.07, 6.45) is 2.66. The maximum Gasteiger partial charge on any atom is 0.223 e. The van der Waals surface area contributed by atoms with Crippen molar-refractivity contribution in [2.75, 3.05) is 29.7 Å². The molecule has 0 saturated heterocycles. The normalized spacial score (nSPS) is 12.4. The Hall–Kier alpha value is -0.720. The van der Waals surface area contributed by atoms with Crippen LogP contribution in [0.1, 0.15) is 6.42 Å². The summed E-state index contributed by atoms with van der Waals surface area (Å²) >= 11 is 7.46. The third kappa shape index (κ3) is 4.42. The molecule has 0 aromatic carbocycles. The van der Waals surface area contributed by atoms with Crippen LogP contribution in [-0.2, 0) is 0 Å². The number of anilines is 2. The second-order valence-electron chi connectivity index (χ2n) is 3.24. The van der Waals surface area contributed by atoms with Crippen molar-refractivity contribution < 1.29 is 5.11 Å². The van der Waals surface area contributed by atoms with Gasteiger partial charge in [0, 0.05) is 24.5 Å². The standard InChI is InChI=1S/C9H15ClN4OS/c1-16-5-6(2-3-15)12-8-4-7(10)13-9(11)14-8/h4,6,15H,2-3,5H2,1H3,(H3,11,12,13,14). The van der Waals surface area contributed by atoms with Crippen molar-refractivity contribution in [2.24, 2.45) is 0 Å². The largest absolute Gasteiger partial charge is 0.396 e. The highest BCUT2D eigenvalue weighted by Crippen LogP contribution is 2.15. The lowest BCUT2D eigenvalue weighted by molar-refractivity contribution is 0.282. The number of hydrogen-bond acceptors (Lipinski definition) is 6. The molecule has 0 fully saturated rings. The number of nitrogens with one attached hydrogen (secondary N) is 1. The van der Waals surface area contributed by atoms with E-state index in [4.69, 9.17) is 22.4 Å². The summed E-state index contributed by atoms with van der Waals surface area (Å²) in [5, 5.41) is 12.4. The molecule has 1 aromatic rings. The fraction of sp³-hybridized carbons (Fsp3) is 0.556. The van der Waals surface area contributed by atoms with Gasteiger partial charge in [-0.25, -0.2) is 4.98 Å². The number of rotatable bonds is 6. The van der Waals surface area contributed by atoms with Crippen LogP contribution in [-0.4, -0.2) is 39.7 Å². The molecule has 7 heteroatoms. The molecule has 0 aliphatic carbocycles. The molecule has 5 nitrogen and oxygen atoms in total. The predicted octanol–water partition coefficient (Wildman–Crippen LogP) is 1.24. The third-order valence-electron chi connectivity index (χ3n) is 1.91. The second kappa shape index (κ2) is 6.78. The van der Waals surface area contributed by atoms with E-state index in [1.54, 1.807) is 17.8 Å². The molecular formula is C9H15ClN4OS. The van der Waals surface area contributed by atoms with Crippen molar-refractivity contribution in [3.05, 3.63) is 11.2 Å². The number of hydrogen-bond donors (Lipinski definition) is 3. The lowest BCUT2D eigenvalue weighted by atomic mass is 10.2. The molecule has 4 N–H and O–H groups in total. The molecule has 0 saturated carbocycles. The van der Waals surface area contributed by atoms with Crippen molar-refractivity contribution in [1.29, 1.82) is 0 Å². The van der Waals surface area contributed by atoms with Gasteiger partial charge in [0.25, 0.3) is 0 Å². The highest BCUT2D eigenvalue weighted by molar-refractivity contribution is 7.98.